The molecule has 1 N–H and O–H groups in total. The molecule has 112 valence electrons. The summed E-state index contributed by atoms with van der Waals surface area (Å²) in [4.78, 5) is 0. The molecule has 2 nitrogen and oxygen atoms in total. The fourth-order valence-corrected chi connectivity index (χ4v) is 1.84. The van der Waals surface area contributed by atoms with Crippen molar-refractivity contribution < 1.29 is 9.13 Å². The summed E-state index contributed by atoms with van der Waals surface area (Å²) in [6.45, 7) is 8.88. The Morgan fingerprint density at radius 1 is 1.05 bits per heavy atom. The first-order chi connectivity index (χ1) is 9.83. The van der Waals surface area contributed by atoms with Crippen molar-refractivity contribution in [2.75, 3.05) is 0 Å². The van der Waals surface area contributed by atoms with Crippen LogP contribution in [0.4, 0.5) is 4.39 Å². The van der Waals surface area contributed by atoms with E-state index in [4.69, 9.17) is 4.74 Å². The van der Waals surface area contributed by atoms with Gasteiger partial charge in [0.25, 0.3) is 0 Å². The molecule has 2 aromatic carbocycles. The van der Waals surface area contributed by atoms with Crippen LogP contribution in [-0.2, 0) is 6.54 Å². The van der Waals surface area contributed by atoms with Crippen LogP contribution in [0.2, 0.25) is 0 Å². The molecule has 0 bridgehead atoms. The van der Waals surface area contributed by atoms with Crippen LogP contribution in [0.25, 0.3) is 0 Å². The highest BCUT2D eigenvalue weighted by Crippen LogP contribution is 2.25. The zero-order valence-corrected chi connectivity index (χ0v) is 13.0. The van der Waals surface area contributed by atoms with E-state index in [1.54, 1.807) is 6.07 Å². The van der Waals surface area contributed by atoms with Gasteiger partial charge in [-0.15, -0.1) is 0 Å². The van der Waals surface area contributed by atoms with Crippen LogP contribution in [0, 0.1) is 12.7 Å². The molecule has 0 saturated heterocycles. The van der Waals surface area contributed by atoms with Gasteiger partial charge in [-0.3, -0.25) is 0 Å². The van der Waals surface area contributed by atoms with Crippen LogP contribution < -0.4 is 10.1 Å². The topological polar surface area (TPSA) is 21.3 Å². The minimum absolute atomic E-state index is 0.00749. The summed E-state index contributed by atoms with van der Waals surface area (Å²) >= 11 is 0. The van der Waals surface area contributed by atoms with Gasteiger partial charge in [0.2, 0.25) is 0 Å². The molecule has 0 saturated carbocycles. The maximum Gasteiger partial charge on any atom is 0.166 e. The van der Waals surface area contributed by atoms with E-state index in [0.717, 1.165) is 11.1 Å². The normalized spacial score (nSPS) is 11.5. The fraction of sp³-hybridized carbons (Fsp3) is 0.333. The molecule has 0 aliphatic heterocycles. The van der Waals surface area contributed by atoms with Crippen molar-refractivity contribution in [3.63, 3.8) is 0 Å². The number of aryl methyl sites for hydroxylation is 1. The third kappa shape index (κ3) is 4.87. The van der Waals surface area contributed by atoms with Gasteiger partial charge in [-0.1, -0.05) is 23.8 Å². The second-order valence-electron chi connectivity index (χ2n) is 6.28. The van der Waals surface area contributed by atoms with Gasteiger partial charge in [-0.25, -0.2) is 4.39 Å². The first-order valence-electron chi connectivity index (χ1n) is 7.11. The first kappa shape index (κ1) is 15.5. The van der Waals surface area contributed by atoms with Gasteiger partial charge >= 0.3 is 0 Å². The first-order valence-corrected chi connectivity index (χ1v) is 7.11. The highest BCUT2D eigenvalue weighted by atomic mass is 19.1. The fourth-order valence-electron chi connectivity index (χ4n) is 1.84. The predicted molar refractivity (Wildman–Crippen MR) is 84.2 cm³/mol. The number of hydrogen-bond acceptors (Lipinski definition) is 2. The largest absolute Gasteiger partial charge is 0.454 e. The van der Waals surface area contributed by atoms with Gasteiger partial charge in [-0.05, 0) is 57.5 Å². The van der Waals surface area contributed by atoms with E-state index in [2.05, 4.69) is 26.1 Å². The molecule has 3 heteroatoms. The smallest absolute Gasteiger partial charge is 0.166 e. The summed E-state index contributed by atoms with van der Waals surface area (Å²) in [5, 5.41) is 3.33. The minimum atomic E-state index is -0.344. The van der Waals surface area contributed by atoms with Crippen LogP contribution in [0.1, 0.15) is 31.9 Å². The lowest BCUT2D eigenvalue weighted by Gasteiger charge is -2.20. The summed E-state index contributed by atoms with van der Waals surface area (Å²) < 4.78 is 19.7. The standard InChI is InChI=1S/C18H22FNO/c1-13-5-8-15(9-6-13)21-17-10-7-14(11-16(17)19)12-20-18(2,3)4/h5-11,20H,12H2,1-4H3. The van der Waals surface area contributed by atoms with E-state index in [9.17, 15) is 4.39 Å². The Bertz CT molecular complexity index is 600. The summed E-state index contributed by atoms with van der Waals surface area (Å²) in [5.41, 5.74) is 2.05. The van der Waals surface area contributed by atoms with Crippen LogP contribution in [-0.4, -0.2) is 5.54 Å². The zero-order valence-electron chi connectivity index (χ0n) is 13.0. The molecular formula is C18H22FNO. The number of halogens is 1. The molecule has 2 aromatic rings. The third-order valence-electron chi connectivity index (χ3n) is 3.07. The number of hydrogen-bond donors (Lipinski definition) is 1. The second-order valence-corrected chi connectivity index (χ2v) is 6.28. The van der Waals surface area contributed by atoms with Crippen molar-refractivity contribution in [3.8, 4) is 11.5 Å². The Kier molecular flexibility index (Phi) is 4.63. The minimum Gasteiger partial charge on any atom is -0.454 e. The van der Waals surface area contributed by atoms with Gasteiger partial charge in [0.05, 0.1) is 0 Å². The lowest BCUT2D eigenvalue weighted by atomic mass is 10.1. The molecule has 0 spiro atoms. The molecule has 0 aliphatic rings. The molecule has 0 aliphatic carbocycles. The molecule has 21 heavy (non-hydrogen) atoms. The van der Waals surface area contributed by atoms with Crippen molar-refractivity contribution in [2.24, 2.45) is 0 Å². The monoisotopic (exact) mass is 287 g/mol. The maximum absolute atomic E-state index is 14.1. The lowest BCUT2D eigenvalue weighted by molar-refractivity contribution is 0.420. The summed E-state index contributed by atoms with van der Waals surface area (Å²) in [6.07, 6.45) is 0. The third-order valence-corrected chi connectivity index (χ3v) is 3.07. The quantitative estimate of drug-likeness (QED) is 0.871. The summed E-state index contributed by atoms with van der Waals surface area (Å²) in [7, 11) is 0. The number of rotatable bonds is 4. The van der Waals surface area contributed by atoms with Crippen molar-refractivity contribution in [2.45, 2.75) is 39.8 Å². The SMILES string of the molecule is Cc1ccc(Oc2ccc(CNC(C)(C)C)cc2F)cc1. The Labute approximate surface area is 126 Å². The maximum atomic E-state index is 14.1. The number of ether oxygens (including phenoxy) is 1. The Morgan fingerprint density at radius 3 is 2.29 bits per heavy atom. The molecular weight excluding hydrogens is 265 g/mol. The van der Waals surface area contributed by atoms with Crippen LogP contribution >= 0.6 is 0 Å². The lowest BCUT2D eigenvalue weighted by Crippen LogP contribution is -2.35. The molecule has 0 atom stereocenters. The Balaban J connectivity index is 2.07. The van der Waals surface area contributed by atoms with E-state index >= 15 is 0 Å². The van der Waals surface area contributed by atoms with Gasteiger partial charge in [-0.2, -0.15) is 0 Å². The highest BCUT2D eigenvalue weighted by molar-refractivity contribution is 5.35. The van der Waals surface area contributed by atoms with Crippen molar-refractivity contribution in [3.05, 3.63) is 59.4 Å². The molecule has 0 unspecified atom stereocenters. The Morgan fingerprint density at radius 2 is 1.71 bits per heavy atom. The van der Waals surface area contributed by atoms with Crippen LogP contribution in [0.15, 0.2) is 42.5 Å². The van der Waals surface area contributed by atoms with Crippen molar-refractivity contribution >= 4 is 0 Å². The zero-order chi connectivity index (χ0) is 15.5. The molecule has 0 radical (unpaired) electrons. The average Bonchev–Trinajstić information content (AvgIpc) is 2.41. The van der Waals surface area contributed by atoms with Gasteiger partial charge in [0, 0.05) is 12.1 Å². The highest BCUT2D eigenvalue weighted by Gasteiger charge is 2.10. The molecule has 0 aromatic heterocycles. The number of nitrogens with one attached hydrogen (secondary N) is 1. The van der Waals surface area contributed by atoms with E-state index in [0.29, 0.717) is 12.3 Å². The van der Waals surface area contributed by atoms with E-state index in [-0.39, 0.29) is 17.1 Å². The van der Waals surface area contributed by atoms with Crippen molar-refractivity contribution in [1.82, 2.24) is 5.32 Å². The predicted octanol–water partition coefficient (Wildman–Crippen LogP) is 4.81. The summed E-state index contributed by atoms with van der Waals surface area (Å²) in [6, 6.07) is 12.6. The van der Waals surface area contributed by atoms with Gasteiger partial charge < -0.3 is 10.1 Å². The van der Waals surface area contributed by atoms with Crippen molar-refractivity contribution in [1.29, 1.82) is 0 Å². The van der Waals surface area contributed by atoms with E-state index in [1.807, 2.05) is 37.3 Å². The molecule has 0 amide bonds. The van der Waals surface area contributed by atoms with Crippen LogP contribution in [0.5, 0.6) is 11.5 Å². The Hall–Kier alpha value is -1.87. The van der Waals surface area contributed by atoms with Gasteiger partial charge in [0.15, 0.2) is 11.6 Å². The van der Waals surface area contributed by atoms with E-state index in [1.165, 1.54) is 6.07 Å². The molecule has 0 heterocycles. The number of benzene rings is 2. The van der Waals surface area contributed by atoms with Gasteiger partial charge in [0.1, 0.15) is 5.75 Å². The molecule has 2 rings (SSSR count). The average molecular weight is 287 g/mol. The second kappa shape index (κ2) is 6.27. The molecule has 0 fully saturated rings. The van der Waals surface area contributed by atoms with E-state index < -0.39 is 0 Å². The van der Waals surface area contributed by atoms with Crippen LogP contribution in [0.3, 0.4) is 0 Å². The summed E-state index contributed by atoms with van der Waals surface area (Å²) in [5.74, 6) is 0.544.